The minimum absolute atomic E-state index is 0.0109. The van der Waals surface area contributed by atoms with Crippen molar-refractivity contribution in [2.24, 2.45) is 0 Å². The van der Waals surface area contributed by atoms with E-state index in [4.69, 9.17) is 9.47 Å². The van der Waals surface area contributed by atoms with E-state index >= 15 is 0 Å². The van der Waals surface area contributed by atoms with Crippen LogP contribution in [0.15, 0.2) is 0 Å². The molecule has 1 fully saturated rings. The smallest absolute Gasteiger partial charge is 0.234 e. The van der Waals surface area contributed by atoms with Crippen LogP contribution < -0.4 is 10.6 Å². The SMILES string of the molecule is CCCNCC(=O)NCC1(OC)CCOC1. The molecule has 5 nitrogen and oxygen atoms in total. The van der Waals surface area contributed by atoms with Gasteiger partial charge in [-0.05, 0) is 13.0 Å². The molecule has 1 amide bonds. The fraction of sp³-hybridized carbons (Fsp3) is 0.909. The molecule has 2 N–H and O–H groups in total. The van der Waals surface area contributed by atoms with Crippen LogP contribution in [0.4, 0.5) is 0 Å². The largest absolute Gasteiger partial charge is 0.378 e. The predicted molar refractivity (Wildman–Crippen MR) is 61.3 cm³/mol. The summed E-state index contributed by atoms with van der Waals surface area (Å²) >= 11 is 0. The van der Waals surface area contributed by atoms with E-state index < -0.39 is 0 Å². The molecule has 1 aliphatic rings. The van der Waals surface area contributed by atoms with E-state index in [1.165, 1.54) is 0 Å². The van der Waals surface area contributed by atoms with E-state index in [9.17, 15) is 4.79 Å². The van der Waals surface area contributed by atoms with Gasteiger partial charge in [-0.25, -0.2) is 0 Å². The number of rotatable bonds is 7. The Balaban J connectivity index is 2.19. The molecule has 16 heavy (non-hydrogen) atoms. The Kier molecular flexibility index (Phi) is 5.73. The molecule has 94 valence electrons. The highest BCUT2D eigenvalue weighted by Gasteiger charge is 2.35. The zero-order valence-electron chi connectivity index (χ0n) is 10.2. The first-order chi connectivity index (χ1) is 7.72. The van der Waals surface area contributed by atoms with Gasteiger partial charge in [-0.2, -0.15) is 0 Å². The standard InChI is InChI=1S/C11H22N2O3/c1-3-5-12-7-10(14)13-8-11(15-2)4-6-16-9-11/h12H,3-9H2,1-2H3,(H,13,14). The monoisotopic (exact) mass is 230 g/mol. The number of carbonyl (C=O) groups is 1. The number of methoxy groups -OCH3 is 1. The van der Waals surface area contributed by atoms with Gasteiger partial charge < -0.3 is 20.1 Å². The van der Waals surface area contributed by atoms with Crippen LogP contribution in [0.5, 0.6) is 0 Å². The van der Waals surface area contributed by atoms with Crippen molar-refractivity contribution in [3.63, 3.8) is 0 Å². The Hall–Kier alpha value is -0.650. The van der Waals surface area contributed by atoms with E-state index in [-0.39, 0.29) is 11.5 Å². The topological polar surface area (TPSA) is 59.6 Å². The zero-order valence-corrected chi connectivity index (χ0v) is 10.2. The normalized spacial score (nSPS) is 24.6. The first kappa shape index (κ1) is 13.4. The quantitative estimate of drug-likeness (QED) is 0.600. The van der Waals surface area contributed by atoms with Crippen LogP contribution in [0.3, 0.4) is 0 Å². The molecule has 0 bridgehead atoms. The second-order valence-corrected chi connectivity index (χ2v) is 4.14. The van der Waals surface area contributed by atoms with Crippen LogP contribution in [0.2, 0.25) is 0 Å². The second-order valence-electron chi connectivity index (χ2n) is 4.14. The molecule has 1 saturated heterocycles. The summed E-state index contributed by atoms with van der Waals surface area (Å²) in [6, 6.07) is 0. The lowest BCUT2D eigenvalue weighted by atomic mass is 10.0. The molecule has 0 aromatic heterocycles. The summed E-state index contributed by atoms with van der Waals surface area (Å²) in [7, 11) is 1.66. The van der Waals surface area contributed by atoms with Gasteiger partial charge in [0.15, 0.2) is 0 Å². The molecule has 0 aromatic carbocycles. The van der Waals surface area contributed by atoms with Gasteiger partial charge in [-0.1, -0.05) is 6.92 Å². The van der Waals surface area contributed by atoms with Crippen LogP contribution in [0.25, 0.3) is 0 Å². The van der Waals surface area contributed by atoms with Gasteiger partial charge in [-0.15, -0.1) is 0 Å². The van der Waals surface area contributed by atoms with Gasteiger partial charge in [0.1, 0.15) is 5.60 Å². The summed E-state index contributed by atoms with van der Waals surface area (Å²) in [6.07, 6.45) is 1.87. The van der Waals surface area contributed by atoms with E-state index in [0.717, 1.165) is 19.4 Å². The van der Waals surface area contributed by atoms with Crippen molar-refractivity contribution in [3.8, 4) is 0 Å². The molecule has 1 atom stereocenters. The Morgan fingerprint density at radius 2 is 2.38 bits per heavy atom. The third-order valence-corrected chi connectivity index (χ3v) is 2.82. The van der Waals surface area contributed by atoms with Crippen molar-refractivity contribution < 1.29 is 14.3 Å². The molecular formula is C11H22N2O3. The van der Waals surface area contributed by atoms with Gasteiger partial charge in [0.25, 0.3) is 0 Å². The maximum atomic E-state index is 11.5. The summed E-state index contributed by atoms with van der Waals surface area (Å²) in [5.74, 6) is 0.0109. The van der Waals surface area contributed by atoms with Crippen LogP contribution in [0.1, 0.15) is 19.8 Å². The molecule has 5 heteroatoms. The third kappa shape index (κ3) is 4.08. The number of hydrogen-bond acceptors (Lipinski definition) is 4. The zero-order chi connectivity index (χ0) is 11.9. The molecule has 0 aromatic rings. The number of hydrogen-bond donors (Lipinski definition) is 2. The Labute approximate surface area is 96.9 Å². The highest BCUT2D eigenvalue weighted by atomic mass is 16.5. The highest BCUT2D eigenvalue weighted by Crippen LogP contribution is 2.21. The fourth-order valence-electron chi connectivity index (χ4n) is 1.66. The Morgan fingerprint density at radius 3 is 2.94 bits per heavy atom. The van der Waals surface area contributed by atoms with E-state index in [2.05, 4.69) is 17.6 Å². The summed E-state index contributed by atoms with van der Waals surface area (Å²) in [6.45, 7) is 5.10. The minimum atomic E-state index is -0.319. The van der Waals surface area contributed by atoms with Crippen LogP contribution in [0, 0.1) is 0 Å². The van der Waals surface area contributed by atoms with Gasteiger partial charge in [0, 0.05) is 26.7 Å². The molecule has 1 heterocycles. The lowest BCUT2D eigenvalue weighted by Gasteiger charge is -2.25. The van der Waals surface area contributed by atoms with E-state index in [1.807, 2.05) is 0 Å². The number of carbonyl (C=O) groups excluding carboxylic acids is 1. The van der Waals surface area contributed by atoms with Gasteiger partial charge in [-0.3, -0.25) is 4.79 Å². The summed E-state index contributed by atoms with van der Waals surface area (Å²) in [4.78, 5) is 11.5. The molecule has 1 unspecified atom stereocenters. The summed E-state index contributed by atoms with van der Waals surface area (Å²) in [5.41, 5.74) is -0.319. The van der Waals surface area contributed by atoms with Gasteiger partial charge >= 0.3 is 0 Å². The van der Waals surface area contributed by atoms with Crippen LogP contribution in [-0.2, 0) is 14.3 Å². The minimum Gasteiger partial charge on any atom is -0.378 e. The third-order valence-electron chi connectivity index (χ3n) is 2.82. The second kappa shape index (κ2) is 6.83. The van der Waals surface area contributed by atoms with Crippen LogP contribution in [-0.4, -0.2) is 51.5 Å². The highest BCUT2D eigenvalue weighted by molar-refractivity contribution is 5.78. The first-order valence-electron chi connectivity index (χ1n) is 5.83. The molecule has 1 rings (SSSR count). The molecule has 1 aliphatic heterocycles. The molecule has 0 radical (unpaired) electrons. The van der Waals surface area contributed by atoms with Gasteiger partial charge in [0.2, 0.25) is 5.91 Å². The first-order valence-corrected chi connectivity index (χ1v) is 5.83. The number of nitrogens with one attached hydrogen (secondary N) is 2. The maximum absolute atomic E-state index is 11.5. The Bertz CT molecular complexity index is 215. The van der Waals surface area contributed by atoms with Crippen molar-refractivity contribution in [1.29, 1.82) is 0 Å². The average Bonchev–Trinajstić information content (AvgIpc) is 2.76. The van der Waals surface area contributed by atoms with E-state index in [1.54, 1.807) is 7.11 Å². The lowest BCUT2D eigenvalue weighted by Crippen LogP contribution is -2.47. The van der Waals surface area contributed by atoms with Gasteiger partial charge in [0.05, 0.1) is 13.2 Å². The number of ether oxygens (including phenoxy) is 2. The Morgan fingerprint density at radius 1 is 1.56 bits per heavy atom. The molecule has 0 saturated carbocycles. The average molecular weight is 230 g/mol. The maximum Gasteiger partial charge on any atom is 0.234 e. The fourth-order valence-corrected chi connectivity index (χ4v) is 1.66. The summed E-state index contributed by atoms with van der Waals surface area (Å²) in [5, 5.41) is 5.93. The van der Waals surface area contributed by atoms with Crippen molar-refractivity contribution >= 4 is 5.91 Å². The molecule has 0 spiro atoms. The van der Waals surface area contributed by atoms with Crippen molar-refractivity contribution in [3.05, 3.63) is 0 Å². The summed E-state index contributed by atoms with van der Waals surface area (Å²) < 4.78 is 10.7. The van der Waals surface area contributed by atoms with E-state index in [0.29, 0.717) is 26.3 Å². The molecular weight excluding hydrogens is 208 g/mol. The molecule has 0 aliphatic carbocycles. The predicted octanol–water partition coefficient (Wildman–Crippen LogP) is -0.0923. The van der Waals surface area contributed by atoms with Crippen LogP contribution >= 0.6 is 0 Å². The van der Waals surface area contributed by atoms with Crippen molar-refractivity contribution in [1.82, 2.24) is 10.6 Å². The van der Waals surface area contributed by atoms with Crippen molar-refractivity contribution in [2.75, 3.05) is 40.0 Å². The van der Waals surface area contributed by atoms with Crippen molar-refractivity contribution in [2.45, 2.75) is 25.4 Å². The lowest BCUT2D eigenvalue weighted by molar-refractivity contribution is -0.121. The number of amides is 1.